The zero-order valence-electron chi connectivity index (χ0n) is 13.7. The van der Waals surface area contributed by atoms with E-state index in [1.54, 1.807) is 25.1 Å². The molecule has 0 spiro atoms. The zero-order chi connectivity index (χ0) is 18.6. The third kappa shape index (κ3) is 4.57. The molecule has 0 aliphatic carbocycles. The Kier molecular flexibility index (Phi) is 5.79. The van der Waals surface area contributed by atoms with E-state index in [9.17, 15) is 13.2 Å². The summed E-state index contributed by atoms with van der Waals surface area (Å²) >= 11 is 5.94. The van der Waals surface area contributed by atoms with E-state index >= 15 is 0 Å². The molecule has 0 radical (unpaired) electrons. The number of alkyl halides is 3. The topological polar surface area (TPSA) is 42.9 Å². The minimum absolute atomic E-state index is 0.0534. The fourth-order valence-corrected chi connectivity index (χ4v) is 2.25. The molecule has 134 valence electrons. The smallest absolute Gasteiger partial charge is 0.416 e. The molecule has 0 heterocycles. The van der Waals surface area contributed by atoms with Gasteiger partial charge in [-0.05, 0) is 43.3 Å². The van der Waals surface area contributed by atoms with Gasteiger partial charge in [0.25, 0.3) is 0 Å². The number of nitrogens with zero attached hydrogens (tertiary/aromatic N) is 1. The molecule has 0 aromatic heterocycles. The average Bonchev–Trinajstić information content (AvgIpc) is 2.59. The Bertz CT molecular complexity index is 792. The molecule has 0 saturated carbocycles. The first-order chi connectivity index (χ1) is 11.8. The lowest BCUT2D eigenvalue weighted by molar-refractivity contribution is -0.137. The van der Waals surface area contributed by atoms with E-state index in [0.717, 1.165) is 12.1 Å². The van der Waals surface area contributed by atoms with E-state index in [1.165, 1.54) is 20.3 Å². The van der Waals surface area contributed by atoms with Crippen LogP contribution in [0.1, 0.15) is 18.1 Å². The quantitative estimate of drug-likeness (QED) is 0.578. The molecule has 0 fully saturated rings. The maximum atomic E-state index is 12.8. The van der Waals surface area contributed by atoms with Crippen LogP contribution < -0.4 is 14.9 Å². The van der Waals surface area contributed by atoms with Crippen molar-refractivity contribution in [1.82, 2.24) is 0 Å². The van der Waals surface area contributed by atoms with Crippen molar-refractivity contribution in [1.29, 1.82) is 0 Å². The van der Waals surface area contributed by atoms with Crippen LogP contribution in [-0.4, -0.2) is 19.9 Å². The number of ether oxygens (including phenoxy) is 2. The third-order valence-corrected chi connectivity index (χ3v) is 3.76. The molecule has 8 heteroatoms. The van der Waals surface area contributed by atoms with Gasteiger partial charge in [-0.15, -0.1) is 0 Å². The van der Waals surface area contributed by atoms with Gasteiger partial charge >= 0.3 is 6.18 Å². The monoisotopic (exact) mass is 372 g/mol. The van der Waals surface area contributed by atoms with E-state index < -0.39 is 11.7 Å². The lowest BCUT2D eigenvalue weighted by Crippen LogP contribution is -2.06. The lowest BCUT2D eigenvalue weighted by atomic mass is 10.1. The molecule has 0 aliphatic rings. The molecule has 0 aliphatic heterocycles. The van der Waals surface area contributed by atoms with Crippen LogP contribution in [0, 0.1) is 0 Å². The van der Waals surface area contributed by atoms with Crippen LogP contribution in [0.3, 0.4) is 0 Å². The number of hydrogen-bond donors (Lipinski definition) is 1. The molecule has 2 rings (SSSR count). The van der Waals surface area contributed by atoms with Gasteiger partial charge in [0.15, 0.2) is 0 Å². The molecule has 25 heavy (non-hydrogen) atoms. The van der Waals surface area contributed by atoms with Gasteiger partial charge in [0.1, 0.15) is 11.5 Å². The van der Waals surface area contributed by atoms with Crippen LogP contribution in [0.2, 0.25) is 5.02 Å². The predicted octanol–water partition coefficient (Wildman–Crippen LogP) is 5.21. The van der Waals surface area contributed by atoms with Gasteiger partial charge in [0.2, 0.25) is 0 Å². The molecule has 0 unspecified atom stereocenters. The highest BCUT2D eigenvalue weighted by Crippen LogP contribution is 2.34. The van der Waals surface area contributed by atoms with E-state index in [-0.39, 0.29) is 10.7 Å². The summed E-state index contributed by atoms with van der Waals surface area (Å²) in [5.74, 6) is 1.15. The highest BCUT2D eigenvalue weighted by atomic mass is 35.5. The summed E-state index contributed by atoms with van der Waals surface area (Å²) in [5.41, 5.74) is 2.94. The summed E-state index contributed by atoms with van der Waals surface area (Å²) in [7, 11) is 3.04. The van der Waals surface area contributed by atoms with Gasteiger partial charge in [-0.2, -0.15) is 18.3 Å². The number of nitrogens with one attached hydrogen (secondary N) is 1. The summed E-state index contributed by atoms with van der Waals surface area (Å²) in [6, 6.07) is 8.14. The van der Waals surface area contributed by atoms with E-state index in [0.29, 0.717) is 22.8 Å². The third-order valence-electron chi connectivity index (χ3n) is 3.43. The van der Waals surface area contributed by atoms with Crippen LogP contribution in [0.4, 0.5) is 18.9 Å². The SMILES string of the molecule is COc1ccc(OC)c(/C(C)=N\Nc2cc(C(F)(F)F)ccc2Cl)c1. The second-order valence-corrected chi connectivity index (χ2v) is 5.47. The number of anilines is 1. The molecule has 0 amide bonds. The second-order valence-electron chi connectivity index (χ2n) is 5.07. The molecule has 0 bridgehead atoms. The summed E-state index contributed by atoms with van der Waals surface area (Å²) in [6.07, 6.45) is -4.46. The fraction of sp³-hybridized carbons (Fsp3) is 0.235. The molecular formula is C17H16ClF3N2O2. The fourth-order valence-electron chi connectivity index (χ4n) is 2.09. The van der Waals surface area contributed by atoms with Gasteiger partial charge in [-0.25, -0.2) is 0 Å². The number of benzene rings is 2. The first kappa shape index (κ1) is 18.9. The standard InChI is InChI=1S/C17H16ClF3N2O2/c1-10(13-9-12(24-2)5-7-16(13)25-3)22-23-15-8-11(17(19,20)21)4-6-14(15)18/h4-9,23H,1-3H3/b22-10-. The van der Waals surface area contributed by atoms with E-state index in [1.807, 2.05) is 0 Å². The largest absolute Gasteiger partial charge is 0.497 e. The van der Waals surface area contributed by atoms with Crippen LogP contribution in [-0.2, 0) is 6.18 Å². The van der Waals surface area contributed by atoms with Crippen molar-refractivity contribution >= 4 is 23.0 Å². The zero-order valence-corrected chi connectivity index (χ0v) is 14.5. The minimum atomic E-state index is -4.46. The number of hydrogen-bond acceptors (Lipinski definition) is 4. The summed E-state index contributed by atoms with van der Waals surface area (Å²) in [4.78, 5) is 0. The Balaban J connectivity index is 2.33. The summed E-state index contributed by atoms with van der Waals surface area (Å²) in [5, 5.41) is 4.24. The number of rotatable bonds is 5. The number of hydrazone groups is 1. The first-order valence-corrected chi connectivity index (χ1v) is 7.53. The average molecular weight is 373 g/mol. The van der Waals surface area contributed by atoms with Gasteiger partial charge in [0, 0.05) is 5.56 Å². The van der Waals surface area contributed by atoms with Gasteiger partial charge in [0.05, 0.1) is 36.2 Å². The normalized spacial score (nSPS) is 12.0. The van der Waals surface area contributed by atoms with Crippen LogP contribution in [0.5, 0.6) is 11.5 Å². The molecule has 0 saturated heterocycles. The highest BCUT2D eigenvalue weighted by molar-refractivity contribution is 6.33. The lowest BCUT2D eigenvalue weighted by Gasteiger charge is -2.12. The van der Waals surface area contributed by atoms with Gasteiger partial charge in [-0.3, -0.25) is 5.43 Å². The maximum Gasteiger partial charge on any atom is 0.416 e. The Morgan fingerprint density at radius 2 is 1.80 bits per heavy atom. The van der Waals surface area contributed by atoms with Crippen LogP contribution >= 0.6 is 11.6 Å². The second kappa shape index (κ2) is 7.65. The summed E-state index contributed by atoms with van der Waals surface area (Å²) < 4.78 is 48.9. The molecule has 0 atom stereocenters. The van der Waals surface area contributed by atoms with Crippen LogP contribution in [0.25, 0.3) is 0 Å². The van der Waals surface area contributed by atoms with Gasteiger partial charge in [-0.1, -0.05) is 11.6 Å². The number of methoxy groups -OCH3 is 2. The van der Waals surface area contributed by atoms with E-state index in [2.05, 4.69) is 10.5 Å². The summed E-state index contributed by atoms with van der Waals surface area (Å²) in [6.45, 7) is 1.69. The maximum absolute atomic E-state index is 12.8. The van der Waals surface area contributed by atoms with Crippen molar-refractivity contribution in [3.05, 3.63) is 52.5 Å². The first-order valence-electron chi connectivity index (χ1n) is 7.15. The van der Waals surface area contributed by atoms with Crippen molar-refractivity contribution in [2.75, 3.05) is 19.6 Å². The highest BCUT2D eigenvalue weighted by Gasteiger charge is 2.30. The van der Waals surface area contributed by atoms with Crippen molar-refractivity contribution in [3.63, 3.8) is 0 Å². The van der Waals surface area contributed by atoms with Crippen LogP contribution in [0.15, 0.2) is 41.5 Å². The Labute approximate surface area is 148 Å². The molecule has 2 aromatic rings. The molecule has 1 N–H and O–H groups in total. The van der Waals surface area contributed by atoms with Crippen molar-refractivity contribution in [3.8, 4) is 11.5 Å². The molecule has 2 aromatic carbocycles. The Hall–Kier alpha value is -2.41. The predicted molar refractivity (Wildman–Crippen MR) is 91.8 cm³/mol. The number of halogens is 4. The van der Waals surface area contributed by atoms with Crippen molar-refractivity contribution in [2.45, 2.75) is 13.1 Å². The van der Waals surface area contributed by atoms with Crippen molar-refractivity contribution < 1.29 is 22.6 Å². The Morgan fingerprint density at radius 1 is 1.08 bits per heavy atom. The molecular weight excluding hydrogens is 357 g/mol. The molecule has 4 nitrogen and oxygen atoms in total. The van der Waals surface area contributed by atoms with E-state index in [4.69, 9.17) is 21.1 Å². The van der Waals surface area contributed by atoms with Gasteiger partial charge < -0.3 is 9.47 Å². The Morgan fingerprint density at radius 3 is 2.40 bits per heavy atom. The minimum Gasteiger partial charge on any atom is -0.497 e. The van der Waals surface area contributed by atoms with Crippen molar-refractivity contribution in [2.24, 2.45) is 5.10 Å².